The third-order valence-electron chi connectivity index (χ3n) is 6.11. The number of unbranched alkanes of at least 4 members (excludes halogenated alkanes) is 11. The molecule has 0 heterocycles. The average molecular weight is 463 g/mol. The van der Waals surface area contributed by atoms with Gasteiger partial charge in [-0.1, -0.05) is 101 Å². The van der Waals surface area contributed by atoms with E-state index in [1.54, 1.807) is 7.11 Å². The van der Waals surface area contributed by atoms with E-state index in [9.17, 15) is 4.79 Å². The number of hydrogen-bond acceptors (Lipinski definition) is 4. The van der Waals surface area contributed by atoms with Crippen LogP contribution in [-0.4, -0.2) is 38.8 Å². The zero-order valence-corrected chi connectivity index (χ0v) is 21.5. The van der Waals surface area contributed by atoms with Gasteiger partial charge < -0.3 is 14.2 Å². The summed E-state index contributed by atoms with van der Waals surface area (Å²) in [5.74, 6) is 0.477. The number of ether oxygens (including phenoxy) is 3. The van der Waals surface area contributed by atoms with Crippen LogP contribution in [0.15, 0.2) is 30.3 Å². The molecule has 0 bridgehead atoms. The Kier molecular flexibility index (Phi) is 20.4. The summed E-state index contributed by atoms with van der Waals surface area (Å²) in [4.78, 5) is 11.8. The molecule has 1 rings (SSSR count). The van der Waals surface area contributed by atoms with E-state index in [4.69, 9.17) is 14.2 Å². The van der Waals surface area contributed by atoms with Gasteiger partial charge >= 0.3 is 0 Å². The normalized spacial score (nSPS) is 12.2. The number of rotatable bonds is 24. The molecule has 0 aliphatic rings. The minimum Gasteiger partial charge on any atom is -0.379 e. The quantitative estimate of drug-likeness (QED) is 0.148. The number of Topliss-reactive ketones (excluding diaryl/α,β-unsaturated/α-hetero) is 1. The Hall–Kier alpha value is -1.23. The van der Waals surface area contributed by atoms with Crippen LogP contribution in [0.2, 0.25) is 0 Å². The maximum absolute atomic E-state index is 11.8. The van der Waals surface area contributed by atoms with Crippen LogP contribution in [-0.2, 0) is 25.6 Å². The zero-order chi connectivity index (χ0) is 23.8. The lowest BCUT2D eigenvalue weighted by molar-refractivity contribution is -0.119. The van der Waals surface area contributed by atoms with Gasteiger partial charge in [-0.05, 0) is 24.8 Å². The molecule has 190 valence electrons. The summed E-state index contributed by atoms with van der Waals surface area (Å²) < 4.78 is 17.0. The van der Waals surface area contributed by atoms with Crippen LogP contribution < -0.4 is 0 Å². The van der Waals surface area contributed by atoms with Gasteiger partial charge in [0.25, 0.3) is 0 Å². The Balaban J connectivity index is 1.81. The molecule has 0 fully saturated rings. The summed E-state index contributed by atoms with van der Waals surface area (Å²) in [7, 11) is 1.71. The van der Waals surface area contributed by atoms with E-state index >= 15 is 0 Å². The minimum absolute atomic E-state index is 0.00920. The summed E-state index contributed by atoms with van der Waals surface area (Å²) in [6, 6.07) is 10.2. The smallest absolute Gasteiger partial charge is 0.132 e. The third-order valence-corrected chi connectivity index (χ3v) is 6.11. The SMILES string of the molecule is CCCCCCC(=O)CCCCCCCCCCCOCC(COCc1ccccc1)OC. The van der Waals surface area contributed by atoms with Crippen molar-refractivity contribution in [2.75, 3.05) is 26.9 Å². The standard InChI is InChI=1S/C29H50O4/c1-3-4-5-16-21-28(30)22-17-11-9-7-6-8-10-12-18-23-32-25-29(31-2)26-33-24-27-19-14-13-15-20-27/h13-15,19-20,29H,3-12,16-18,21-26H2,1-2H3. The van der Waals surface area contributed by atoms with Gasteiger partial charge in [0.2, 0.25) is 0 Å². The fourth-order valence-corrected chi connectivity index (χ4v) is 3.92. The van der Waals surface area contributed by atoms with Crippen LogP contribution in [0.3, 0.4) is 0 Å². The molecule has 1 aromatic rings. The topological polar surface area (TPSA) is 44.8 Å². The molecule has 0 radical (unpaired) electrons. The predicted octanol–water partition coefficient (Wildman–Crippen LogP) is 7.68. The minimum atomic E-state index is -0.00920. The van der Waals surface area contributed by atoms with E-state index in [-0.39, 0.29) is 6.10 Å². The van der Waals surface area contributed by atoms with E-state index in [1.165, 1.54) is 69.8 Å². The molecule has 0 aliphatic carbocycles. The molecular weight excluding hydrogens is 412 g/mol. The van der Waals surface area contributed by atoms with Crippen molar-refractivity contribution in [1.82, 2.24) is 0 Å². The van der Waals surface area contributed by atoms with Gasteiger partial charge in [-0.2, -0.15) is 0 Å². The molecule has 0 amide bonds. The largest absolute Gasteiger partial charge is 0.379 e. The van der Waals surface area contributed by atoms with E-state index in [0.717, 1.165) is 38.7 Å². The van der Waals surface area contributed by atoms with Gasteiger partial charge in [0.05, 0.1) is 19.8 Å². The maximum atomic E-state index is 11.8. The summed E-state index contributed by atoms with van der Waals surface area (Å²) in [6.07, 6.45) is 17.5. The monoisotopic (exact) mass is 462 g/mol. The molecule has 0 saturated carbocycles. The molecule has 1 atom stereocenters. The number of ketones is 1. The van der Waals surface area contributed by atoms with E-state index in [1.807, 2.05) is 18.2 Å². The van der Waals surface area contributed by atoms with Gasteiger partial charge in [0.15, 0.2) is 0 Å². The van der Waals surface area contributed by atoms with Crippen LogP contribution in [0.4, 0.5) is 0 Å². The lowest BCUT2D eigenvalue weighted by Gasteiger charge is -2.16. The Labute approximate surface area is 203 Å². The van der Waals surface area contributed by atoms with Gasteiger partial charge in [0.1, 0.15) is 11.9 Å². The predicted molar refractivity (Wildman–Crippen MR) is 138 cm³/mol. The van der Waals surface area contributed by atoms with Crippen LogP contribution >= 0.6 is 0 Å². The fourth-order valence-electron chi connectivity index (χ4n) is 3.92. The summed E-state index contributed by atoms with van der Waals surface area (Å²) in [5, 5.41) is 0. The van der Waals surface area contributed by atoms with Crippen molar-refractivity contribution in [2.45, 2.75) is 116 Å². The number of hydrogen-bond donors (Lipinski definition) is 0. The molecule has 4 nitrogen and oxygen atoms in total. The summed E-state index contributed by atoms with van der Waals surface area (Å²) in [6.45, 7) is 4.76. The van der Waals surface area contributed by atoms with Gasteiger partial charge in [-0.25, -0.2) is 0 Å². The third kappa shape index (κ3) is 18.8. The second-order valence-corrected chi connectivity index (χ2v) is 9.21. The van der Waals surface area contributed by atoms with Crippen LogP contribution in [0.1, 0.15) is 109 Å². The molecule has 0 spiro atoms. The van der Waals surface area contributed by atoms with Gasteiger partial charge in [-0.3, -0.25) is 4.79 Å². The molecule has 0 aliphatic heterocycles. The van der Waals surface area contributed by atoms with Crippen LogP contribution in [0, 0.1) is 0 Å². The van der Waals surface area contributed by atoms with Gasteiger partial charge in [0, 0.05) is 26.6 Å². The molecule has 1 unspecified atom stereocenters. The van der Waals surface area contributed by atoms with Crippen molar-refractivity contribution < 1.29 is 19.0 Å². The summed E-state index contributed by atoms with van der Waals surface area (Å²) >= 11 is 0. The first-order valence-electron chi connectivity index (χ1n) is 13.5. The van der Waals surface area contributed by atoms with Crippen molar-refractivity contribution in [3.63, 3.8) is 0 Å². The number of methoxy groups -OCH3 is 1. The lowest BCUT2D eigenvalue weighted by atomic mass is 10.0. The number of carbonyl (C=O) groups excluding carboxylic acids is 1. The second-order valence-electron chi connectivity index (χ2n) is 9.21. The highest BCUT2D eigenvalue weighted by atomic mass is 16.6. The molecule has 1 aromatic carbocycles. The number of benzene rings is 1. The fraction of sp³-hybridized carbons (Fsp3) is 0.759. The summed E-state index contributed by atoms with van der Waals surface area (Å²) in [5.41, 5.74) is 1.18. The first kappa shape index (κ1) is 29.8. The van der Waals surface area contributed by atoms with Crippen molar-refractivity contribution in [2.24, 2.45) is 0 Å². The highest BCUT2D eigenvalue weighted by Gasteiger charge is 2.08. The van der Waals surface area contributed by atoms with E-state index < -0.39 is 0 Å². The van der Waals surface area contributed by atoms with Crippen molar-refractivity contribution in [3.05, 3.63) is 35.9 Å². The number of carbonyl (C=O) groups is 1. The Morgan fingerprint density at radius 3 is 1.88 bits per heavy atom. The highest BCUT2D eigenvalue weighted by Crippen LogP contribution is 2.12. The molecule has 4 heteroatoms. The zero-order valence-electron chi connectivity index (χ0n) is 21.5. The van der Waals surface area contributed by atoms with E-state index in [0.29, 0.717) is 25.6 Å². The second kappa shape index (κ2) is 22.6. The van der Waals surface area contributed by atoms with Crippen LogP contribution in [0.25, 0.3) is 0 Å². The van der Waals surface area contributed by atoms with Gasteiger partial charge in [-0.15, -0.1) is 0 Å². The van der Waals surface area contributed by atoms with Crippen molar-refractivity contribution >= 4 is 5.78 Å². The Bertz CT molecular complexity index is 546. The first-order chi connectivity index (χ1) is 16.3. The molecule has 0 saturated heterocycles. The van der Waals surface area contributed by atoms with Crippen molar-refractivity contribution in [3.8, 4) is 0 Å². The molecule has 33 heavy (non-hydrogen) atoms. The highest BCUT2D eigenvalue weighted by molar-refractivity contribution is 5.78. The average Bonchev–Trinajstić information content (AvgIpc) is 2.84. The molecular formula is C29H50O4. The Morgan fingerprint density at radius 2 is 1.27 bits per heavy atom. The van der Waals surface area contributed by atoms with Crippen molar-refractivity contribution in [1.29, 1.82) is 0 Å². The lowest BCUT2D eigenvalue weighted by Crippen LogP contribution is -2.24. The van der Waals surface area contributed by atoms with E-state index in [2.05, 4.69) is 19.1 Å². The van der Waals surface area contributed by atoms with Crippen LogP contribution in [0.5, 0.6) is 0 Å². The molecule has 0 aromatic heterocycles. The Morgan fingerprint density at radius 1 is 0.727 bits per heavy atom. The maximum Gasteiger partial charge on any atom is 0.132 e. The first-order valence-corrected chi connectivity index (χ1v) is 13.5. The molecule has 0 N–H and O–H groups in total.